The molecule has 0 bridgehead atoms. The second-order valence-corrected chi connectivity index (χ2v) is 7.34. The smallest absolute Gasteiger partial charge is 0.221 e. The molecule has 4 rings (SSSR count). The van der Waals surface area contributed by atoms with Crippen LogP contribution in [0.2, 0.25) is 0 Å². The van der Waals surface area contributed by atoms with Crippen LogP contribution >= 0.6 is 0 Å². The molecule has 158 valence electrons. The van der Waals surface area contributed by atoms with Crippen LogP contribution in [0.15, 0.2) is 48.8 Å². The predicted octanol–water partition coefficient (Wildman–Crippen LogP) is 3.17. The van der Waals surface area contributed by atoms with E-state index in [0.29, 0.717) is 19.0 Å². The van der Waals surface area contributed by atoms with Gasteiger partial charge in [0.05, 0.1) is 32.6 Å². The third kappa shape index (κ3) is 4.98. The Morgan fingerprint density at radius 3 is 2.77 bits per heavy atom. The minimum atomic E-state index is 0.562. The van der Waals surface area contributed by atoms with Gasteiger partial charge in [-0.15, -0.1) is 0 Å². The van der Waals surface area contributed by atoms with Gasteiger partial charge in [-0.05, 0) is 42.8 Å². The highest BCUT2D eigenvalue weighted by atomic mass is 16.5. The number of methoxy groups -OCH3 is 1. The summed E-state index contributed by atoms with van der Waals surface area (Å²) >= 11 is 0. The number of aryl methyl sites for hydroxylation is 1. The van der Waals surface area contributed by atoms with Crippen molar-refractivity contribution in [1.82, 2.24) is 19.7 Å². The van der Waals surface area contributed by atoms with Gasteiger partial charge < -0.3 is 14.2 Å². The van der Waals surface area contributed by atoms with Crippen molar-refractivity contribution >= 4 is 0 Å². The van der Waals surface area contributed by atoms with E-state index < -0.39 is 0 Å². The zero-order valence-electron chi connectivity index (χ0n) is 17.6. The first-order valence-corrected chi connectivity index (χ1v) is 10.3. The van der Waals surface area contributed by atoms with Crippen molar-refractivity contribution in [2.45, 2.75) is 20.0 Å². The Bertz CT molecular complexity index is 967. The summed E-state index contributed by atoms with van der Waals surface area (Å²) in [5.41, 5.74) is 4.20. The van der Waals surface area contributed by atoms with Crippen LogP contribution in [0.25, 0.3) is 11.1 Å². The highest BCUT2D eigenvalue weighted by Gasteiger charge is 2.16. The van der Waals surface area contributed by atoms with Crippen LogP contribution in [-0.2, 0) is 17.8 Å². The normalized spacial score (nSPS) is 14.6. The van der Waals surface area contributed by atoms with Crippen molar-refractivity contribution in [2.75, 3.05) is 40.0 Å². The highest BCUT2D eigenvalue weighted by molar-refractivity contribution is 5.70. The largest absolute Gasteiger partial charge is 0.491 e. The van der Waals surface area contributed by atoms with Crippen LogP contribution in [0.1, 0.15) is 11.3 Å². The molecule has 1 aliphatic heterocycles. The van der Waals surface area contributed by atoms with Gasteiger partial charge in [0.25, 0.3) is 0 Å². The van der Waals surface area contributed by atoms with Gasteiger partial charge in [-0.25, -0.2) is 4.98 Å². The Hall–Kier alpha value is -2.90. The second kappa shape index (κ2) is 9.73. The molecule has 0 N–H and O–H groups in total. The van der Waals surface area contributed by atoms with Crippen LogP contribution in [0.4, 0.5) is 0 Å². The molecule has 30 heavy (non-hydrogen) atoms. The number of pyridine rings is 1. The van der Waals surface area contributed by atoms with Crippen molar-refractivity contribution < 1.29 is 14.2 Å². The number of ether oxygens (including phenoxy) is 3. The molecule has 1 aliphatic rings. The van der Waals surface area contributed by atoms with E-state index in [1.807, 2.05) is 42.1 Å². The van der Waals surface area contributed by atoms with Gasteiger partial charge in [0, 0.05) is 43.2 Å². The van der Waals surface area contributed by atoms with Crippen LogP contribution < -0.4 is 9.47 Å². The van der Waals surface area contributed by atoms with E-state index in [1.54, 1.807) is 13.3 Å². The molecule has 0 saturated carbocycles. The van der Waals surface area contributed by atoms with Gasteiger partial charge >= 0.3 is 0 Å². The van der Waals surface area contributed by atoms with Gasteiger partial charge in [-0.2, -0.15) is 5.10 Å². The molecule has 3 aromatic rings. The maximum Gasteiger partial charge on any atom is 0.221 e. The van der Waals surface area contributed by atoms with Crippen molar-refractivity contribution in [1.29, 1.82) is 0 Å². The van der Waals surface area contributed by atoms with E-state index in [1.165, 1.54) is 0 Å². The number of morpholine rings is 1. The fourth-order valence-corrected chi connectivity index (χ4v) is 3.62. The number of aromatic nitrogens is 3. The molecule has 0 unspecified atom stereocenters. The fourth-order valence-electron chi connectivity index (χ4n) is 3.62. The lowest BCUT2D eigenvalue weighted by atomic mass is 10.0. The number of rotatable bonds is 8. The number of benzene rings is 1. The van der Waals surface area contributed by atoms with Crippen LogP contribution in [0.5, 0.6) is 11.6 Å². The third-order valence-electron chi connectivity index (χ3n) is 5.19. The molecular weight excluding hydrogens is 380 g/mol. The summed E-state index contributed by atoms with van der Waals surface area (Å²) < 4.78 is 19.0. The minimum Gasteiger partial charge on any atom is -0.491 e. The zero-order valence-corrected chi connectivity index (χ0v) is 17.6. The van der Waals surface area contributed by atoms with E-state index in [2.05, 4.69) is 27.1 Å². The quantitative estimate of drug-likeness (QED) is 0.571. The summed E-state index contributed by atoms with van der Waals surface area (Å²) in [6.07, 6.45) is 3.72. The molecule has 2 aromatic heterocycles. The van der Waals surface area contributed by atoms with Gasteiger partial charge in [0.15, 0.2) is 0 Å². The first kappa shape index (κ1) is 20.4. The molecule has 0 spiro atoms. The molecule has 7 heteroatoms. The average molecular weight is 409 g/mol. The predicted molar refractivity (Wildman–Crippen MR) is 115 cm³/mol. The first-order chi connectivity index (χ1) is 14.7. The minimum absolute atomic E-state index is 0.562. The molecule has 0 amide bonds. The molecule has 3 heterocycles. The molecule has 0 atom stereocenters. The second-order valence-electron chi connectivity index (χ2n) is 7.34. The lowest BCUT2D eigenvalue weighted by Crippen LogP contribution is -2.35. The molecule has 0 aliphatic carbocycles. The number of hydrogen-bond acceptors (Lipinski definition) is 6. The standard InChI is InChI=1S/C23H28N4O3/c1-18-7-9-27(25-18)12-15-30-22-6-5-19(21-4-3-8-24-23(21)28-2)16-20(22)17-26-10-13-29-14-11-26/h3-9,16H,10-15,17H2,1-2H3. The lowest BCUT2D eigenvalue weighted by molar-refractivity contribution is 0.0338. The third-order valence-corrected chi connectivity index (χ3v) is 5.19. The molecule has 1 fully saturated rings. The number of nitrogens with zero attached hydrogens (tertiary/aromatic N) is 4. The Labute approximate surface area is 177 Å². The Kier molecular flexibility index (Phi) is 6.61. The zero-order chi connectivity index (χ0) is 20.8. The van der Waals surface area contributed by atoms with Crippen molar-refractivity contribution in [3.05, 3.63) is 60.0 Å². The Balaban J connectivity index is 1.55. The van der Waals surface area contributed by atoms with Crippen molar-refractivity contribution in [3.63, 3.8) is 0 Å². The summed E-state index contributed by atoms with van der Waals surface area (Å²) in [5.74, 6) is 1.52. The van der Waals surface area contributed by atoms with Crippen LogP contribution in [0.3, 0.4) is 0 Å². The van der Waals surface area contributed by atoms with E-state index in [9.17, 15) is 0 Å². The monoisotopic (exact) mass is 408 g/mol. The van der Waals surface area contributed by atoms with E-state index in [-0.39, 0.29) is 0 Å². The van der Waals surface area contributed by atoms with Gasteiger partial charge in [-0.1, -0.05) is 6.07 Å². The van der Waals surface area contributed by atoms with E-state index in [4.69, 9.17) is 14.2 Å². The maximum atomic E-state index is 6.17. The van der Waals surface area contributed by atoms with Crippen molar-refractivity contribution in [2.24, 2.45) is 0 Å². The fraction of sp³-hybridized carbons (Fsp3) is 0.391. The maximum absolute atomic E-state index is 6.17. The summed E-state index contributed by atoms with van der Waals surface area (Å²) in [6, 6.07) is 12.3. The number of hydrogen-bond donors (Lipinski definition) is 0. The van der Waals surface area contributed by atoms with E-state index >= 15 is 0 Å². The van der Waals surface area contributed by atoms with Crippen LogP contribution in [-0.4, -0.2) is 59.7 Å². The summed E-state index contributed by atoms with van der Waals surface area (Å²) in [6.45, 7) is 7.46. The SMILES string of the molecule is COc1ncccc1-c1ccc(OCCn2ccc(C)n2)c(CN2CCOCC2)c1. The molecule has 0 radical (unpaired) electrons. The summed E-state index contributed by atoms with van der Waals surface area (Å²) in [5, 5.41) is 4.42. The average Bonchev–Trinajstić information content (AvgIpc) is 3.20. The molecule has 1 aromatic carbocycles. The summed E-state index contributed by atoms with van der Waals surface area (Å²) in [4.78, 5) is 6.73. The van der Waals surface area contributed by atoms with Crippen molar-refractivity contribution in [3.8, 4) is 22.8 Å². The van der Waals surface area contributed by atoms with Gasteiger partial charge in [0.2, 0.25) is 5.88 Å². The Morgan fingerprint density at radius 1 is 1.13 bits per heavy atom. The van der Waals surface area contributed by atoms with E-state index in [0.717, 1.165) is 61.0 Å². The molecule has 7 nitrogen and oxygen atoms in total. The highest BCUT2D eigenvalue weighted by Crippen LogP contribution is 2.32. The summed E-state index contributed by atoms with van der Waals surface area (Å²) in [7, 11) is 1.65. The lowest BCUT2D eigenvalue weighted by Gasteiger charge is -2.27. The van der Waals surface area contributed by atoms with Crippen LogP contribution in [0, 0.1) is 6.92 Å². The molecule has 1 saturated heterocycles. The van der Waals surface area contributed by atoms with Gasteiger partial charge in [-0.3, -0.25) is 9.58 Å². The topological polar surface area (TPSA) is 61.6 Å². The van der Waals surface area contributed by atoms with Gasteiger partial charge in [0.1, 0.15) is 12.4 Å². The Morgan fingerprint density at radius 2 is 2.00 bits per heavy atom. The first-order valence-electron chi connectivity index (χ1n) is 10.3. The molecular formula is C23H28N4O3.